The molecule has 140 valence electrons. The summed E-state index contributed by atoms with van der Waals surface area (Å²) in [5.74, 6) is 0.763. The topological polar surface area (TPSA) is 43.8 Å². The van der Waals surface area contributed by atoms with Crippen molar-refractivity contribution >= 4 is 23.0 Å². The molecule has 1 aromatic carbocycles. The molecule has 1 saturated heterocycles. The Balaban J connectivity index is 1.63. The van der Waals surface area contributed by atoms with E-state index in [-0.39, 0.29) is 5.82 Å². The van der Waals surface area contributed by atoms with Crippen LogP contribution < -0.4 is 10.2 Å². The minimum Gasteiger partial charge on any atom is -0.368 e. The van der Waals surface area contributed by atoms with E-state index in [2.05, 4.69) is 27.0 Å². The zero-order valence-electron chi connectivity index (χ0n) is 15.6. The Kier molecular flexibility index (Phi) is 6.08. The van der Waals surface area contributed by atoms with Crippen molar-refractivity contribution in [2.45, 2.75) is 27.3 Å². The van der Waals surface area contributed by atoms with Gasteiger partial charge in [-0.15, -0.1) is 11.3 Å². The number of nitrogens with one attached hydrogen (secondary N) is 1. The monoisotopic (exact) mass is 375 g/mol. The number of benzene rings is 1. The van der Waals surface area contributed by atoms with Gasteiger partial charge in [0.1, 0.15) is 5.82 Å². The number of nitrogens with zero attached hydrogens (tertiary/aromatic N) is 4. The third-order valence-corrected chi connectivity index (χ3v) is 5.54. The zero-order valence-corrected chi connectivity index (χ0v) is 16.4. The third-order valence-electron chi connectivity index (χ3n) is 4.48. The number of guanidine groups is 1. The number of aromatic nitrogens is 1. The molecular formula is C19H26FN5S. The van der Waals surface area contributed by atoms with Crippen molar-refractivity contribution in [1.29, 1.82) is 0 Å². The van der Waals surface area contributed by atoms with E-state index in [9.17, 15) is 4.39 Å². The van der Waals surface area contributed by atoms with Gasteiger partial charge >= 0.3 is 0 Å². The molecule has 5 nitrogen and oxygen atoms in total. The van der Waals surface area contributed by atoms with E-state index in [1.165, 1.54) is 17.0 Å². The molecule has 0 unspecified atom stereocenters. The zero-order chi connectivity index (χ0) is 18.5. The number of aliphatic imine (C=N–C) groups is 1. The highest BCUT2D eigenvalue weighted by Gasteiger charge is 2.20. The fourth-order valence-electron chi connectivity index (χ4n) is 3.12. The van der Waals surface area contributed by atoms with Crippen LogP contribution in [-0.2, 0) is 6.54 Å². The summed E-state index contributed by atoms with van der Waals surface area (Å²) < 4.78 is 13.1. The molecule has 2 heterocycles. The number of thiazole rings is 1. The SMILES string of the molecule is CCNC(=NCc1sc(C)nc1C)N1CCN(c2ccc(F)cc2)CC1. The normalized spacial score (nSPS) is 15.5. The lowest BCUT2D eigenvalue weighted by Gasteiger charge is -2.37. The fourth-order valence-corrected chi connectivity index (χ4v) is 3.98. The maximum atomic E-state index is 13.1. The van der Waals surface area contributed by atoms with E-state index in [4.69, 9.17) is 4.99 Å². The standard InChI is InChI=1S/C19H26FN5S/c1-4-21-19(22-13-18-14(2)23-15(3)26-18)25-11-9-24(10-12-25)17-7-5-16(20)6-8-17/h5-8H,4,9-13H2,1-3H3,(H,21,22). The molecule has 1 fully saturated rings. The van der Waals surface area contributed by atoms with Gasteiger partial charge < -0.3 is 15.1 Å². The second-order valence-corrected chi connectivity index (χ2v) is 7.65. The molecule has 0 atom stereocenters. The van der Waals surface area contributed by atoms with E-state index in [1.807, 2.05) is 26.0 Å². The smallest absolute Gasteiger partial charge is 0.194 e. The predicted octanol–water partition coefficient (Wildman–Crippen LogP) is 3.19. The summed E-state index contributed by atoms with van der Waals surface area (Å²) in [7, 11) is 0. The summed E-state index contributed by atoms with van der Waals surface area (Å²) in [5, 5.41) is 4.49. The molecule has 1 aliphatic rings. The van der Waals surface area contributed by atoms with E-state index in [0.717, 1.165) is 55.1 Å². The van der Waals surface area contributed by atoms with Crippen LogP contribution in [0, 0.1) is 19.7 Å². The highest BCUT2D eigenvalue weighted by atomic mass is 32.1. The van der Waals surface area contributed by atoms with Gasteiger partial charge in [-0.2, -0.15) is 0 Å². The third kappa shape index (κ3) is 4.52. The number of piperazine rings is 1. The molecule has 3 rings (SSSR count). The molecule has 0 radical (unpaired) electrons. The Morgan fingerprint density at radius 1 is 1.19 bits per heavy atom. The van der Waals surface area contributed by atoms with Crippen LogP contribution in [0.5, 0.6) is 0 Å². The quantitative estimate of drug-likeness (QED) is 0.658. The second kappa shape index (κ2) is 8.49. The molecule has 0 bridgehead atoms. The van der Waals surface area contributed by atoms with Gasteiger partial charge in [-0.25, -0.2) is 14.4 Å². The van der Waals surface area contributed by atoms with Gasteiger partial charge in [-0.05, 0) is 45.0 Å². The van der Waals surface area contributed by atoms with Gasteiger partial charge in [0.15, 0.2) is 5.96 Å². The average Bonchev–Trinajstić information content (AvgIpc) is 2.97. The van der Waals surface area contributed by atoms with Crippen LogP contribution in [0.2, 0.25) is 0 Å². The Bertz CT molecular complexity index is 748. The molecule has 7 heteroatoms. The summed E-state index contributed by atoms with van der Waals surface area (Å²) in [6, 6.07) is 6.73. The lowest BCUT2D eigenvalue weighted by Crippen LogP contribution is -2.52. The van der Waals surface area contributed by atoms with Crippen molar-refractivity contribution in [3.63, 3.8) is 0 Å². The van der Waals surface area contributed by atoms with Gasteiger partial charge in [0.2, 0.25) is 0 Å². The lowest BCUT2D eigenvalue weighted by molar-refractivity contribution is 0.372. The number of rotatable bonds is 4. The fraction of sp³-hybridized carbons (Fsp3) is 0.474. The van der Waals surface area contributed by atoms with Crippen LogP contribution >= 0.6 is 11.3 Å². The van der Waals surface area contributed by atoms with E-state index >= 15 is 0 Å². The first-order chi connectivity index (χ1) is 12.6. The number of aryl methyl sites for hydroxylation is 2. The van der Waals surface area contributed by atoms with Crippen LogP contribution in [0.15, 0.2) is 29.3 Å². The predicted molar refractivity (Wildman–Crippen MR) is 107 cm³/mol. The number of hydrogen-bond donors (Lipinski definition) is 1. The Morgan fingerprint density at radius 2 is 1.88 bits per heavy atom. The number of anilines is 1. The largest absolute Gasteiger partial charge is 0.368 e. The van der Waals surface area contributed by atoms with Crippen molar-refractivity contribution in [2.24, 2.45) is 4.99 Å². The van der Waals surface area contributed by atoms with Crippen molar-refractivity contribution in [1.82, 2.24) is 15.2 Å². The molecule has 0 saturated carbocycles. The molecule has 1 aliphatic heterocycles. The molecule has 1 aromatic heterocycles. The van der Waals surface area contributed by atoms with Crippen molar-refractivity contribution in [3.05, 3.63) is 45.7 Å². The van der Waals surface area contributed by atoms with Gasteiger partial charge in [-0.1, -0.05) is 0 Å². The van der Waals surface area contributed by atoms with E-state index in [1.54, 1.807) is 11.3 Å². The van der Waals surface area contributed by atoms with Crippen LogP contribution in [0.25, 0.3) is 0 Å². The van der Waals surface area contributed by atoms with Crippen molar-refractivity contribution in [2.75, 3.05) is 37.6 Å². The Hall–Kier alpha value is -2.15. The van der Waals surface area contributed by atoms with E-state index in [0.29, 0.717) is 6.54 Å². The summed E-state index contributed by atoms with van der Waals surface area (Å²) in [6.45, 7) is 11.3. The van der Waals surface area contributed by atoms with Gasteiger partial charge in [0.25, 0.3) is 0 Å². The number of halogens is 1. The first kappa shape index (κ1) is 18.6. The maximum absolute atomic E-state index is 13.1. The van der Waals surface area contributed by atoms with Gasteiger partial charge in [-0.3, -0.25) is 0 Å². The number of hydrogen-bond acceptors (Lipinski definition) is 4. The summed E-state index contributed by atoms with van der Waals surface area (Å²) >= 11 is 1.72. The van der Waals surface area contributed by atoms with Crippen LogP contribution in [0.1, 0.15) is 22.5 Å². The minimum absolute atomic E-state index is 0.192. The molecule has 0 aliphatic carbocycles. The molecule has 1 N–H and O–H groups in total. The van der Waals surface area contributed by atoms with Crippen LogP contribution in [0.4, 0.5) is 10.1 Å². The van der Waals surface area contributed by atoms with Crippen molar-refractivity contribution in [3.8, 4) is 0 Å². The van der Waals surface area contributed by atoms with Crippen molar-refractivity contribution < 1.29 is 4.39 Å². The molecule has 26 heavy (non-hydrogen) atoms. The second-order valence-electron chi connectivity index (χ2n) is 6.36. The van der Waals surface area contributed by atoms with Crippen LogP contribution in [-0.4, -0.2) is 48.6 Å². The molecule has 0 amide bonds. The van der Waals surface area contributed by atoms with Gasteiger partial charge in [0.05, 0.1) is 17.2 Å². The summed E-state index contributed by atoms with van der Waals surface area (Å²) in [5.41, 5.74) is 2.15. The molecule has 0 spiro atoms. The first-order valence-electron chi connectivity index (χ1n) is 9.03. The summed E-state index contributed by atoms with van der Waals surface area (Å²) in [4.78, 5) is 15.1. The minimum atomic E-state index is -0.192. The average molecular weight is 376 g/mol. The van der Waals surface area contributed by atoms with Crippen LogP contribution in [0.3, 0.4) is 0 Å². The summed E-state index contributed by atoms with van der Waals surface area (Å²) in [6.07, 6.45) is 0. The highest BCUT2D eigenvalue weighted by Crippen LogP contribution is 2.19. The molecular weight excluding hydrogens is 349 g/mol. The first-order valence-corrected chi connectivity index (χ1v) is 9.85. The van der Waals surface area contributed by atoms with Gasteiger partial charge in [0, 0.05) is 43.3 Å². The van der Waals surface area contributed by atoms with E-state index < -0.39 is 0 Å². The Labute approximate surface area is 158 Å². The maximum Gasteiger partial charge on any atom is 0.194 e. The lowest BCUT2D eigenvalue weighted by atomic mass is 10.2. The Morgan fingerprint density at radius 3 is 2.46 bits per heavy atom. The molecule has 2 aromatic rings. The highest BCUT2D eigenvalue weighted by molar-refractivity contribution is 7.11.